The molecule has 1 atom stereocenters. The third kappa shape index (κ3) is 13.7. The summed E-state index contributed by atoms with van der Waals surface area (Å²) in [5, 5.41) is 0. The SMILES string of the molecule is [CH2]C(/C=C(/C)CCC=C(C)C)C/C=C(/C)CCC=C(C)C. The van der Waals surface area contributed by atoms with Crippen LogP contribution < -0.4 is 0 Å². The van der Waals surface area contributed by atoms with E-state index in [1.54, 1.807) is 0 Å². The zero-order chi connectivity index (χ0) is 16.3. The zero-order valence-electron chi connectivity index (χ0n) is 15.1. The maximum absolute atomic E-state index is 4.25. The smallest absolute Gasteiger partial charge is 0.0196 e. The van der Waals surface area contributed by atoms with Crippen molar-refractivity contribution in [3.63, 3.8) is 0 Å². The molecule has 0 saturated carbocycles. The van der Waals surface area contributed by atoms with Gasteiger partial charge in [-0.2, -0.15) is 0 Å². The van der Waals surface area contributed by atoms with Crippen molar-refractivity contribution in [2.24, 2.45) is 5.92 Å². The molecule has 0 aliphatic heterocycles. The van der Waals surface area contributed by atoms with E-state index in [0.29, 0.717) is 5.92 Å². The maximum atomic E-state index is 4.25. The fourth-order valence-corrected chi connectivity index (χ4v) is 2.19. The van der Waals surface area contributed by atoms with Gasteiger partial charge >= 0.3 is 0 Å². The van der Waals surface area contributed by atoms with Crippen molar-refractivity contribution >= 4 is 0 Å². The van der Waals surface area contributed by atoms with Crippen molar-refractivity contribution in [1.29, 1.82) is 0 Å². The van der Waals surface area contributed by atoms with Gasteiger partial charge in [-0.25, -0.2) is 0 Å². The lowest BCUT2D eigenvalue weighted by molar-refractivity contribution is 0.793. The summed E-state index contributed by atoms with van der Waals surface area (Å²) in [6.45, 7) is 17.3. The van der Waals surface area contributed by atoms with Crippen molar-refractivity contribution in [3.8, 4) is 0 Å². The first-order chi connectivity index (χ1) is 9.81. The van der Waals surface area contributed by atoms with Gasteiger partial charge in [0.25, 0.3) is 0 Å². The van der Waals surface area contributed by atoms with E-state index in [0.717, 1.165) is 25.7 Å². The van der Waals surface area contributed by atoms with Gasteiger partial charge in [-0.1, -0.05) is 46.6 Å². The Balaban J connectivity index is 4.14. The molecule has 0 fully saturated rings. The minimum atomic E-state index is 0.398. The Morgan fingerprint density at radius 3 is 1.71 bits per heavy atom. The van der Waals surface area contributed by atoms with Gasteiger partial charge in [-0.05, 0) is 86.5 Å². The van der Waals surface area contributed by atoms with Crippen LogP contribution in [0.2, 0.25) is 0 Å². The fourth-order valence-electron chi connectivity index (χ4n) is 2.19. The van der Waals surface area contributed by atoms with Crippen molar-refractivity contribution in [1.82, 2.24) is 0 Å². The van der Waals surface area contributed by atoms with Crippen LogP contribution in [0.25, 0.3) is 0 Å². The minimum absolute atomic E-state index is 0.398. The molecule has 0 heteroatoms. The molecule has 0 spiro atoms. The Kier molecular flexibility index (Phi) is 11.0. The highest BCUT2D eigenvalue weighted by Crippen LogP contribution is 2.15. The Bertz CT molecular complexity index is 394. The molecule has 0 saturated heterocycles. The second kappa shape index (κ2) is 11.6. The summed E-state index contributed by atoms with van der Waals surface area (Å²) in [5.74, 6) is 0.398. The number of hydrogen-bond acceptors (Lipinski definition) is 0. The van der Waals surface area contributed by atoms with Gasteiger partial charge in [0.1, 0.15) is 0 Å². The Morgan fingerprint density at radius 2 is 1.24 bits per heavy atom. The first kappa shape index (κ1) is 20.0. The van der Waals surface area contributed by atoms with E-state index in [-0.39, 0.29) is 0 Å². The first-order valence-electron chi connectivity index (χ1n) is 8.24. The molecule has 0 amide bonds. The topological polar surface area (TPSA) is 0 Å². The molecule has 21 heavy (non-hydrogen) atoms. The second-order valence-corrected chi connectivity index (χ2v) is 6.70. The minimum Gasteiger partial charge on any atom is -0.0856 e. The molecule has 119 valence electrons. The van der Waals surface area contributed by atoms with Crippen LogP contribution in [0.4, 0.5) is 0 Å². The van der Waals surface area contributed by atoms with Crippen molar-refractivity contribution in [3.05, 3.63) is 53.5 Å². The molecule has 1 radical (unpaired) electrons. The highest BCUT2D eigenvalue weighted by atomic mass is 14.0. The van der Waals surface area contributed by atoms with Crippen LogP contribution in [0.3, 0.4) is 0 Å². The van der Waals surface area contributed by atoms with Crippen LogP contribution in [0.1, 0.15) is 73.6 Å². The molecule has 0 rings (SSSR count). The highest BCUT2D eigenvalue weighted by molar-refractivity contribution is 5.08. The number of allylic oxidation sites excluding steroid dienone is 8. The predicted octanol–water partition coefficient (Wildman–Crippen LogP) is 7.21. The van der Waals surface area contributed by atoms with E-state index >= 15 is 0 Å². The Hall–Kier alpha value is -1.04. The van der Waals surface area contributed by atoms with E-state index in [9.17, 15) is 0 Å². The largest absolute Gasteiger partial charge is 0.0856 e. The van der Waals surface area contributed by atoms with Crippen molar-refractivity contribution < 1.29 is 0 Å². The van der Waals surface area contributed by atoms with Crippen LogP contribution in [-0.2, 0) is 0 Å². The normalized spacial score (nSPS) is 13.9. The summed E-state index contributed by atoms with van der Waals surface area (Å²) in [7, 11) is 0. The van der Waals surface area contributed by atoms with E-state index < -0.39 is 0 Å². The summed E-state index contributed by atoms with van der Waals surface area (Å²) in [4.78, 5) is 0. The van der Waals surface area contributed by atoms with Crippen LogP contribution in [0, 0.1) is 12.8 Å². The lowest BCUT2D eigenvalue weighted by Gasteiger charge is -2.07. The average molecular weight is 288 g/mol. The first-order valence-corrected chi connectivity index (χ1v) is 8.24. The highest BCUT2D eigenvalue weighted by Gasteiger charge is 1.98. The summed E-state index contributed by atoms with van der Waals surface area (Å²) >= 11 is 0. The molecule has 0 aliphatic carbocycles. The van der Waals surface area contributed by atoms with Gasteiger partial charge in [0, 0.05) is 0 Å². The van der Waals surface area contributed by atoms with Crippen LogP contribution >= 0.6 is 0 Å². The molecule has 0 heterocycles. The Labute approximate surface area is 133 Å². The fraction of sp³-hybridized carbons (Fsp3) is 0.571. The van der Waals surface area contributed by atoms with E-state index in [4.69, 9.17) is 0 Å². The van der Waals surface area contributed by atoms with Crippen LogP contribution in [0.15, 0.2) is 46.6 Å². The Morgan fingerprint density at radius 1 is 0.762 bits per heavy atom. The lowest BCUT2D eigenvalue weighted by atomic mass is 9.99. The quantitative estimate of drug-likeness (QED) is 0.393. The van der Waals surface area contributed by atoms with E-state index in [2.05, 4.69) is 72.8 Å². The second-order valence-electron chi connectivity index (χ2n) is 6.70. The van der Waals surface area contributed by atoms with Crippen LogP contribution in [0.5, 0.6) is 0 Å². The molecule has 0 aromatic heterocycles. The molecule has 1 unspecified atom stereocenters. The van der Waals surface area contributed by atoms with Crippen LogP contribution in [-0.4, -0.2) is 0 Å². The van der Waals surface area contributed by atoms with Gasteiger partial charge in [0.2, 0.25) is 0 Å². The lowest BCUT2D eigenvalue weighted by Crippen LogP contribution is -1.91. The van der Waals surface area contributed by atoms with Crippen molar-refractivity contribution in [2.45, 2.75) is 73.6 Å². The van der Waals surface area contributed by atoms with E-state index in [1.165, 1.54) is 28.7 Å². The number of rotatable bonds is 9. The van der Waals surface area contributed by atoms with Gasteiger partial charge in [0.05, 0.1) is 0 Å². The molecular weight excluding hydrogens is 252 g/mol. The zero-order valence-corrected chi connectivity index (χ0v) is 15.1. The van der Waals surface area contributed by atoms with Gasteiger partial charge < -0.3 is 0 Å². The molecular formula is C21H35. The summed E-state index contributed by atoms with van der Waals surface area (Å²) in [5.41, 5.74) is 5.76. The van der Waals surface area contributed by atoms with Gasteiger partial charge in [0.15, 0.2) is 0 Å². The van der Waals surface area contributed by atoms with Gasteiger partial charge in [-0.15, -0.1) is 0 Å². The standard InChI is InChI=1S/C21H35/c1-17(2)10-8-12-19(5)14-15-21(7)16-20(6)13-9-11-18(3)4/h10-11,14,16,21H,7-9,12-13,15H2,1-6H3/b19-14-,20-16-. The molecule has 0 aromatic carbocycles. The summed E-state index contributed by atoms with van der Waals surface area (Å²) in [6.07, 6.45) is 15.0. The molecule has 0 aromatic rings. The summed E-state index contributed by atoms with van der Waals surface area (Å²) in [6, 6.07) is 0. The molecule has 0 N–H and O–H groups in total. The van der Waals surface area contributed by atoms with E-state index in [1.807, 2.05) is 0 Å². The number of hydrogen-bond donors (Lipinski definition) is 0. The third-order valence-corrected chi connectivity index (χ3v) is 3.47. The molecule has 0 nitrogen and oxygen atoms in total. The monoisotopic (exact) mass is 287 g/mol. The summed E-state index contributed by atoms with van der Waals surface area (Å²) < 4.78 is 0. The van der Waals surface area contributed by atoms with Gasteiger partial charge in [-0.3, -0.25) is 0 Å². The predicted molar refractivity (Wildman–Crippen MR) is 98.3 cm³/mol. The van der Waals surface area contributed by atoms with Crippen molar-refractivity contribution in [2.75, 3.05) is 0 Å². The average Bonchev–Trinajstić information content (AvgIpc) is 2.35. The molecule has 0 bridgehead atoms. The maximum Gasteiger partial charge on any atom is -0.0196 e. The third-order valence-electron chi connectivity index (χ3n) is 3.47. The molecule has 0 aliphatic rings.